The Balaban J connectivity index is 1.63. The van der Waals surface area contributed by atoms with Crippen molar-refractivity contribution in [2.75, 3.05) is 27.9 Å². The molecule has 3 aromatic carbocycles. The Hall–Kier alpha value is -4.26. The van der Waals surface area contributed by atoms with Crippen molar-refractivity contribution in [3.63, 3.8) is 0 Å². The zero-order chi connectivity index (χ0) is 25.4. The second-order valence-electron chi connectivity index (χ2n) is 8.79. The Labute approximate surface area is 208 Å². The first-order valence-corrected chi connectivity index (χ1v) is 11.7. The lowest BCUT2D eigenvalue weighted by Crippen LogP contribution is -2.31. The normalized spacial score (nSPS) is 14.7. The van der Waals surface area contributed by atoms with Crippen LogP contribution in [-0.2, 0) is 6.42 Å². The van der Waals surface area contributed by atoms with Gasteiger partial charge in [0.25, 0.3) is 5.91 Å². The van der Waals surface area contributed by atoms with Crippen LogP contribution in [-0.4, -0.2) is 38.7 Å². The van der Waals surface area contributed by atoms with E-state index in [0.29, 0.717) is 41.0 Å². The van der Waals surface area contributed by atoms with Crippen molar-refractivity contribution in [2.24, 2.45) is 0 Å². The number of amides is 1. The molecular formula is C29H27NO6. The molecule has 1 amide bonds. The number of aryl methyl sites for hydroxylation is 1. The minimum atomic E-state index is -0.619. The van der Waals surface area contributed by atoms with Gasteiger partial charge in [-0.25, -0.2) is 0 Å². The number of methoxy groups -OCH3 is 3. The van der Waals surface area contributed by atoms with Crippen LogP contribution in [0.3, 0.4) is 0 Å². The van der Waals surface area contributed by atoms with Crippen LogP contribution in [0.2, 0.25) is 0 Å². The van der Waals surface area contributed by atoms with E-state index in [-0.39, 0.29) is 17.1 Å². The Bertz CT molecular complexity index is 1510. The smallest absolute Gasteiger partial charge is 0.290 e. The summed E-state index contributed by atoms with van der Waals surface area (Å²) in [6.07, 6.45) is 0.598. The molecule has 1 atom stereocenters. The average Bonchev–Trinajstić information content (AvgIpc) is 3.19. The van der Waals surface area contributed by atoms with Crippen LogP contribution >= 0.6 is 0 Å². The number of benzene rings is 3. The molecule has 1 aromatic heterocycles. The summed E-state index contributed by atoms with van der Waals surface area (Å²) in [5.41, 5.74) is 3.29. The van der Waals surface area contributed by atoms with Crippen molar-refractivity contribution in [2.45, 2.75) is 19.4 Å². The highest BCUT2D eigenvalue weighted by atomic mass is 16.5. The Morgan fingerprint density at radius 2 is 1.61 bits per heavy atom. The van der Waals surface area contributed by atoms with E-state index in [0.717, 1.165) is 22.4 Å². The summed E-state index contributed by atoms with van der Waals surface area (Å²) in [7, 11) is 4.75. The van der Waals surface area contributed by atoms with Gasteiger partial charge in [-0.2, -0.15) is 0 Å². The van der Waals surface area contributed by atoms with Gasteiger partial charge in [-0.05, 0) is 60.9 Å². The summed E-state index contributed by atoms with van der Waals surface area (Å²) in [6.45, 7) is 2.31. The molecule has 2 heterocycles. The molecule has 1 aliphatic heterocycles. The molecule has 0 bridgehead atoms. The molecule has 0 aliphatic carbocycles. The van der Waals surface area contributed by atoms with Gasteiger partial charge in [-0.1, -0.05) is 29.8 Å². The van der Waals surface area contributed by atoms with Crippen LogP contribution in [0.4, 0.5) is 0 Å². The van der Waals surface area contributed by atoms with Gasteiger partial charge in [0.2, 0.25) is 5.76 Å². The molecule has 4 aromatic rings. The van der Waals surface area contributed by atoms with E-state index in [1.165, 1.54) is 0 Å². The number of hydrogen-bond donors (Lipinski definition) is 0. The fourth-order valence-electron chi connectivity index (χ4n) is 4.78. The van der Waals surface area contributed by atoms with Crippen LogP contribution in [0.5, 0.6) is 17.2 Å². The van der Waals surface area contributed by atoms with Crippen molar-refractivity contribution in [1.29, 1.82) is 0 Å². The summed E-state index contributed by atoms with van der Waals surface area (Å²) >= 11 is 0. The topological polar surface area (TPSA) is 78.2 Å². The number of rotatable bonds is 7. The fourth-order valence-corrected chi connectivity index (χ4v) is 4.78. The molecule has 0 saturated carbocycles. The van der Waals surface area contributed by atoms with Gasteiger partial charge in [-0.15, -0.1) is 0 Å². The predicted molar refractivity (Wildman–Crippen MR) is 136 cm³/mol. The largest absolute Gasteiger partial charge is 0.497 e. The van der Waals surface area contributed by atoms with Crippen molar-refractivity contribution in [1.82, 2.24) is 4.90 Å². The SMILES string of the molecule is COc1ccc(CCN2C(=O)c3oc4ccc(C)cc4c(=O)c3C2c2ccc(OC)c(OC)c2)cc1. The molecule has 0 saturated heterocycles. The molecule has 0 spiro atoms. The lowest BCUT2D eigenvalue weighted by molar-refractivity contribution is 0.0730. The van der Waals surface area contributed by atoms with E-state index in [9.17, 15) is 9.59 Å². The monoisotopic (exact) mass is 485 g/mol. The van der Waals surface area contributed by atoms with Gasteiger partial charge in [0.05, 0.1) is 38.3 Å². The third-order valence-electron chi connectivity index (χ3n) is 6.64. The van der Waals surface area contributed by atoms with Gasteiger partial charge in [0.15, 0.2) is 16.9 Å². The summed E-state index contributed by atoms with van der Waals surface area (Å²) in [5, 5.41) is 0.462. The van der Waals surface area contributed by atoms with Crippen LogP contribution < -0.4 is 19.6 Å². The summed E-state index contributed by atoms with van der Waals surface area (Å²) in [4.78, 5) is 29.1. The molecule has 0 fully saturated rings. The van der Waals surface area contributed by atoms with Crippen molar-refractivity contribution in [3.8, 4) is 17.2 Å². The number of nitrogens with zero attached hydrogens (tertiary/aromatic N) is 1. The molecule has 0 N–H and O–H groups in total. The Morgan fingerprint density at radius 3 is 2.31 bits per heavy atom. The third-order valence-corrected chi connectivity index (χ3v) is 6.64. The van der Waals surface area contributed by atoms with Gasteiger partial charge in [0.1, 0.15) is 11.3 Å². The first-order chi connectivity index (χ1) is 17.4. The maximum Gasteiger partial charge on any atom is 0.290 e. The third kappa shape index (κ3) is 3.96. The Morgan fingerprint density at radius 1 is 0.861 bits per heavy atom. The number of ether oxygens (including phenoxy) is 3. The van der Waals surface area contributed by atoms with E-state index in [1.54, 1.807) is 44.4 Å². The van der Waals surface area contributed by atoms with E-state index < -0.39 is 6.04 Å². The van der Waals surface area contributed by atoms with Gasteiger partial charge >= 0.3 is 0 Å². The Kier molecular flexibility index (Phi) is 6.14. The van der Waals surface area contributed by atoms with E-state index >= 15 is 0 Å². The molecular weight excluding hydrogens is 458 g/mol. The lowest BCUT2D eigenvalue weighted by atomic mass is 9.97. The second-order valence-corrected chi connectivity index (χ2v) is 8.79. The maximum atomic E-state index is 13.8. The van der Waals surface area contributed by atoms with E-state index in [4.69, 9.17) is 18.6 Å². The molecule has 1 aliphatic rings. The summed E-state index contributed by atoms with van der Waals surface area (Å²) < 4.78 is 22.2. The van der Waals surface area contributed by atoms with Crippen molar-refractivity contribution >= 4 is 16.9 Å². The van der Waals surface area contributed by atoms with Gasteiger partial charge in [0, 0.05) is 6.54 Å². The molecule has 184 valence electrons. The van der Waals surface area contributed by atoms with Crippen LogP contribution in [0.1, 0.15) is 38.9 Å². The number of hydrogen-bond acceptors (Lipinski definition) is 6. The molecule has 5 rings (SSSR count). The van der Waals surface area contributed by atoms with Gasteiger partial charge in [-0.3, -0.25) is 9.59 Å². The van der Waals surface area contributed by atoms with Crippen LogP contribution in [0, 0.1) is 6.92 Å². The summed E-state index contributed by atoms with van der Waals surface area (Å²) in [5.74, 6) is 1.64. The predicted octanol–water partition coefficient (Wildman–Crippen LogP) is 4.92. The minimum Gasteiger partial charge on any atom is -0.497 e. The molecule has 7 nitrogen and oxygen atoms in total. The summed E-state index contributed by atoms with van der Waals surface area (Å²) in [6, 6.07) is 18.0. The molecule has 7 heteroatoms. The molecule has 1 unspecified atom stereocenters. The molecule has 36 heavy (non-hydrogen) atoms. The van der Waals surface area contributed by atoms with Crippen LogP contribution in [0.25, 0.3) is 11.0 Å². The fraction of sp³-hybridized carbons (Fsp3) is 0.241. The zero-order valence-corrected chi connectivity index (χ0v) is 20.7. The molecule has 0 radical (unpaired) electrons. The van der Waals surface area contributed by atoms with Gasteiger partial charge < -0.3 is 23.5 Å². The first-order valence-electron chi connectivity index (χ1n) is 11.7. The van der Waals surface area contributed by atoms with Crippen LogP contribution in [0.15, 0.2) is 69.9 Å². The number of carbonyl (C=O) groups excluding carboxylic acids is 1. The van der Waals surface area contributed by atoms with Crippen molar-refractivity contribution in [3.05, 3.63) is 98.9 Å². The highest BCUT2D eigenvalue weighted by Gasteiger charge is 2.42. The van der Waals surface area contributed by atoms with E-state index in [2.05, 4.69) is 0 Å². The lowest BCUT2D eigenvalue weighted by Gasteiger charge is -2.26. The number of fused-ring (bicyclic) bond motifs is 2. The first kappa shape index (κ1) is 23.5. The zero-order valence-electron chi connectivity index (χ0n) is 20.7. The highest BCUT2D eigenvalue weighted by Crippen LogP contribution is 2.41. The minimum absolute atomic E-state index is 0.0888. The highest BCUT2D eigenvalue weighted by molar-refractivity contribution is 5.99. The number of carbonyl (C=O) groups is 1. The van der Waals surface area contributed by atoms with Crippen molar-refractivity contribution < 1.29 is 23.4 Å². The second kappa shape index (κ2) is 9.41. The quantitative estimate of drug-likeness (QED) is 0.370. The van der Waals surface area contributed by atoms with E-state index in [1.807, 2.05) is 49.4 Å². The average molecular weight is 486 g/mol. The standard InChI is InChI=1S/C29H27NO6/c1-17-5-11-22-21(15-17)27(31)25-26(19-8-12-23(34-3)24(16-19)35-4)30(29(32)28(25)36-22)14-13-18-6-9-20(33-2)10-7-18/h5-12,15-16,26H,13-14H2,1-4H3. The maximum absolute atomic E-state index is 13.8.